The van der Waals surface area contributed by atoms with Gasteiger partial charge in [0, 0.05) is 40.6 Å². The molecule has 0 bridgehead atoms. The molecule has 0 unspecified atom stereocenters. The quantitative estimate of drug-likeness (QED) is 0.789. The second-order valence-electron chi connectivity index (χ2n) is 6.32. The normalized spacial score (nSPS) is 11.0. The first-order valence-corrected chi connectivity index (χ1v) is 9.12. The van der Waals surface area contributed by atoms with Crippen molar-refractivity contribution in [2.75, 3.05) is 17.2 Å². The topological polar surface area (TPSA) is 61.4 Å². The van der Waals surface area contributed by atoms with Crippen molar-refractivity contribution in [2.45, 2.75) is 40.3 Å². The molecule has 1 aromatic heterocycles. The summed E-state index contributed by atoms with van der Waals surface area (Å²) < 4.78 is 0. The zero-order valence-corrected chi connectivity index (χ0v) is 15.9. The van der Waals surface area contributed by atoms with Gasteiger partial charge in [-0.05, 0) is 57.2 Å². The fourth-order valence-electron chi connectivity index (χ4n) is 2.42. The van der Waals surface area contributed by atoms with Gasteiger partial charge in [-0.1, -0.05) is 0 Å². The van der Waals surface area contributed by atoms with E-state index in [1.807, 2.05) is 0 Å². The highest BCUT2D eigenvalue weighted by Crippen LogP contribution is 2.19. The average Bonchev–Trinajstić information content (AvgIpc) is 2.93. The number of carbonyl (C=O) groups excluding carboxylic acids is 2. The van der Waals surface area contributed by atoms with Gasteiger partial charge in [-0.25, -0.2) is 0 Å². The molecule has 0 aliphatic heterocycles. The van der Waals surface area contributed by atoms with Crippen molar-refractivity contribution in [1.29, 1.82) is 0 Å². The van der Waals surface area contributed by atoms with E-state index in [4.69, 9.17) is 0 Å². The second-order valence-corrected chi connectivity index (χ2v) is 7.69. The molecule has 2 rings (SSSR count). The SMILES string of the molecule is CC(=O)Nc1ccc(NC(=O)CN(Cc2ccc(C)s2)C(C)C)cc1. The summed E-state index contributed by atoms with van der Waals surface area (Å²) >= 11 is 1.76. The van der Waals surface area contributed by atoms with Crippen LogP contribution < -0.4 is 10.6 Å². The predicted molar refractivity (Wildman–Crippen MR) is 104 cm³/mol. The number of nitrogens with one attached hydrogen (secondary N) is 2. The lowest BCUT2D eigenvalue weighted by atomic mass is 10.2. The molecular formula is C19H25N3O2S. The van der Waals surface area contributed by atoms with E-state index in [0.29, 0.717) is 12.2 Å². The number of carbonyl (C=O) groups is 2. The summed E-state index contributed by atoms with van der Waals surface area (Å²) in [6.45, 7) is 8.84. The van der Waals surface area contributed by atoms with E-state index in [-0.39, 0.29) is 17.9 Å². The molecule has 0 aliphatic carbocycles. The summed E-state index contributed by atoms with van der Waals surface area (Å²) in [6.07, 6.45) is 0. The number of amides is 2. The Morgan fingerprint density at radius 2 is 1.64 bits per heavy atom. The zero-order valence-electron chi connectivity index (χ0n) is 15.1. The van der Waals surface area contributed by atoms with E-state index in [1.54, 1.807) is 35.6 Å². The summed E-state index contributed by atoms with van der Waals surface area (Å²) in [4.78, 5) is 28.1. The molecule has 134 valence electrons. The third-order valence-electron chi connectivity index (χ3n) is 3.72. The van der Waals surface area contributed by atoms with Gasteiger partial charge in [0.2, 0.25) is 11.8 Å². The first-order valence-electron chi connectivity index (χ1n) is 8.30. The summed E-state index contributed by atoms with van der Waals surface area (Å²) in [7, 11) is 0. The lowest BCUT2D eigenvalue weighted by Gasteiger charge is -2.25. The van der Waals surface area contributed by atoms with Crippen molar-refractivity contribution in [3.8, 4) is 0 Å². The standard InChI is InChI=1S/C19H25N3O2S/c1-13(2)22(11-18-10-5-14(3)25-18)12-19(24)21-17-8-6-16(7-9-17)20-15(4)23/h5-10,13H,11-12H2,1-4H3,(H,20,23)(H,21,24). The molecule has 0 saturated heterocycles. The minimum absolute atomic E-state index is 0.0470. The average molecular weight is 359 g/mol. The number of aryl methyl sites for hydroxylation is 1. The number of hydrogen-bond donors (Lipinski definition) is 2. The maximum absolute atomic E-state index is 12.4. The van der Waals surface area contributed by atoms with Crippen molar-refractivity contribution < 1.29 is 9.59 Å². The molecule has 2 aromatic rings. The molecule has 0 spiro atoms. The molecule has 1 heterocycles. The highest BCUT2D eigenvalue weighted by atomic mass is 32.1. The van der Waals surface area contributed by atoms with Gasteiger partial charge in [-0.2, -0.15) is 0 Å². The molecule has 0 fully saturated rings. The van der Waals surface area contributed by atoms with E-state index in [2.05, 4.69) is 48.4 Å². The fraction of sp³-hybridized carbons (Fsp3) is 0.368. The largest absolute Gasteiger partial charge is 0.326 e. The number of nitrogens with zero attached hydrogens (tertiary/aromatic N) is 1. The minimum atomic E-state index is -0.117. The van der Waals surface area contributed by atoms with Crippen LogP contribution in [0.4, 0.5) is 11.4 Å². The Balaban J connectivity index is 1.93. The first kappa shape index (κ1) is 19.1. The van der Waals surface area contributed by atoms with Crippen LogP contribution in [0.25, 0.3) is 0 Å². The molecule has 2 amide bonds. The van der Waals surface area contributed by atoms with Gasteiger partial charge in [-0.3, -0.25) is 14.5 Å². The third kappa shape index (κ3) is 6.32. The molecule has 2 N–H and O–H groups in total. The number of rotatable bonds is 7. The molecule has 0 radical (unpaired) electrons. The number of benzene rings is 1. The van der Waals surface area contributed by atoms with Crippen LogP contribution in [-0.4, -0.2) is 29.3 Å². The second kappa shape index (κ2) is 8.78. The van der Waals surface area contributed by atoms with Crippen LogP contribution in [0.1, 0.15) is 30.5 Å². The van der Waals surface area contributed by atoms with Crippen LogP contribution in [0.2, 0.25) is 0 Å². The van der Waals surface area contributed by atoms with Gasteiger partial charge in [-0.15, -0.1) is 11.3 Å². The highest BCUT2D eigenvalue weighted by Gasteiger charge is 2.15. The summed E-state index contributed by atoms with van der Waals surface area (Å²) in [5, 5.41) is 5.61. The minimum Gasteiger partial charge on any atom is -0.326 e. The first-order chi connectivity index (χ1) is 11.8. The molecule has 0 atom stereocenters. The van der Waals surface area contributed by atoms with Gasteiger partial charge < -0.3 is 10.6 Å². The maximum Gasteiger partial charge on any atom is 0.238 e. The van der Waals surface area contributed by atoms with Crippen molar-refractivity contribution in [3.05, 3.63) is 46.2 Å². The van der Waals surface area contributed by atoms with Crippen LogP contribution in [0.5, 0.6) is 0 Å². The van der Waals surface area contributed by atoms with Gasteiger partial charge in [0.25, 0.3) is 0 Å². The lowest BCUT2D eigenvalue weighted by molar-refractivity contribution is -0.118. The lowest BCUT2D eigenvalue weighted by Crippen LogP contribution is -2.37. The smallest absolute Gasteiger partial charge is 0.238 e. The van der Waals surface area contributed by atoms with E-state index in [1.165, 1.54) is 16.7 Å². The van der Waals surface area contributed by atoms with Crippen molar-refractivity contribution in [2.24, 2.45) is 0 Å². The molecular weight excluding hydrogens is 334 g/mol. The highest BCUT2D eigenvalue weighted by molar-refractivity contribution is 7.11. The summed E-state index contributed by atoms with van der Waals surface area (Å²) in [5.41, 5.74) is 1.43. The maximum atomic E-state index is 12.4. The van der Waals surface area contributed by atoms with Gasteiger partial charge in [0.1, 0.15) is 0 Å². The Bertz CT molecular complexity index is 723. The van der Waals surface area contributed by atoms with Crippen LogP contribution in [0, 0.1) is 6.92 Å². The van der Waals surface area contributed by atoms with Crippen LogP contribution in [0.3, 0.4) is 0 Å². The Hall–Kier alpha value is -2.18. The molecule has 25 heavy (non-hydrogen) atoms. The Kier molecular flexibility index (Phi) is 6.73. The third-order valence-corrected chi connectivity index (χ3v) is 4.71. The van der Waals surface area contributed by atoms with E-state index >= 15 is 0 Å². The molecule has 5 nitrogen and oxygen atoms in total. The van der Waals surface area contributed by atoms with Gasteiger partial charge in [0.15, 0.2) is 0 Å². The van der Waals surface area contributed by atoms with Gasteiger partial charge in [0.05, 0.1) is 6.54 Å². The predicted octanol–water partition coefficient (Wildman–Crippen LogP) is 3.86. The summed E-state index contributed by atoms with van der Waals surface area (Å²) in [5.74, 6) is -0.164. The molecule has 1 aromatic carbocycles. The van der Waals surface area contributed by atoms with E-state index in [0.717, 1.165) is 12.2 Å². The number of anilines is 2. The van der Waals surface area contributed by atoms with Crippen LogP contribution in [-0.2, 0) is 16.1 Å². The van der Waals surface area contributed by atoms with Gasteiger partial charge >= 0.3 is 0 Å². The van der Waals surface area contributed by atoms with E-state index in [9.17, 15) is 9.59 Å². The fourth-order valence-corrected chi connectivity index (χ4v) is 3.33. The Labute approximate surface area is 153 Å². The molecule has 6 heteroatoms. The van der Waals surface area contributed by atoms with E-state index < -0.39 is 0 Å². The summed E-state index contributed by atoms with van der Waals surface area (Å²) in [6, 6.07) is 11.6. The van der Waals surface area contributed by atoms with Crippen LogP contribution in [0.15, 0.2) is 36.4 Å². The number of thiophene rings is 1. The van der Waals surface area contributed by atoms with Crippen molar-refractivity contribution >= 4 is 34.5 Å². The van der Waals surface area contributed by atoms with Crippen LogP contribution >= 0.6 is 11.3 Å². The Morgan fingerprint density at radius 1 is 1.04 bits per heavy atom. The monoisotopic (exact) mass is 359 g/mol. The van der Waals surface area contributed by atoms with Crippen molar-refractivity contribution in [3.63, 3.8) is 0 Å². The molecule has 0 saturated carbocycles. The van der Waals surface area contributed by atoms with Crippen molar-refractivity contribution in [1.82, 2.24) is 4.90 Å². The Morgan fingerprint density at radius 3 is 2.12 bits per heavy atom. The number of hydrogen-bond acceptors (Lipinski definition) is 4. The zero-order chi connectivity index (χ0) is 18.4. The molecule has 0 aliphatic rings.